The van der Waals surface area contributed by atoms with E-state index < -0.39 is 0 Å². The van der Waals surface area contributed by atoms with E-state index in [0.29, 0.717) is 19.3 Å². The number of phenolic OH excluding ortho intramolecular Hbond substituents is 2. The zero-order valence-corrected chi connectivity index (χ0v) is 12.6. The smallest absolute Gasteiger partial charge is 0.123 e. The van der Waals surface area contributed by atoms with Crippen molar-refractivity contribution in [3.63, 3.8) is 0 Å². The molecule has 0 aromatic heterocycles. The molecule has 2 N–H and O–H groups in total. The molecule has 2 aromatic carbocycles. The van der Waals surface area contributed by atoms with E-state index in [-0.39, 0.29) is 11.5 Å². The highest BCUT2D eigenvalue weighted by molar-refractivity contribution is 5.72. The third kappa shape index (κ3) is 3.40. The molecule has 1 fully saturated rings. The Kier molecular flexibility index (Phi) is 4.32. The molecule has 0 amide bonds. The van der Waals surface area contributed by atoms with Crippen molar-refractivity contribution in [2.24, 2.45) is 0 Å². The molecular formula is C18H20O4. The first-order valence-electron chi connectivity index (χ1n) is 7.51. The summed E-state index contributed by atoms with van der Waals surface area (Å²) in [6.07, 6.45) is 1.17. The Morgan fingerprint density at radius 3 is 2.64 bits per heavy atom. The van der Waals surface area contributed by atoms with Gasteiger partial charge in [-0.2, -0.15) is 0 Å². The minimum Gasteiger partial charge on any atom is -0.508 e. The van der Waals surface area contributed by atoms with Gasteiger partial charge in [0, 0.05) is 24.2 Å². The second kappa shape index (κ2) is 6.38. The molecule has 0 bridgehead atoms. The average Bonchev–Trinajstić information content (AvgIpc) is 3.32. The normalized spacial score (nSPS) is 16.7. The second-order valence-electron chi connectivity index (χ2n) is 5.49. The number of rotatable bonds is 6. The van der Waals surface area contributed by atoms with E-state index in [1.165, 1.54) is 0 Å². The van der Waals surface area contributed by atoms with Crippen molar-refractivity contribution in [3.05, 3.63) is 47.5 Å². The summed E-state index contributed by atoms with van der Waals surface area (Å²) >= 11 is 0. The van der Waals surface area contributed by atoms with Crippen LogP contribution in [0, 0.1) is 0 Å². The van der Waals surface area contributed by atoms with Gasteiger partial charge in [-0.1, -0.05) is 12.1 Å². The van der Waals surface area contributed by atoms with E-state index in [0.717, 1.165) is 35.3 Å². The first-order chi connectivity index (χ1) is 10.7. The Balaban J connectivity index is 1.91. The van der Waals surface area contributed by atoms with Gasteiger partial charge in [0.2, 0.25) is 0 Å². The minimum absolute atomic E-state index is 0.208. The van der Waals surface area contributed by atoms with Gasteiger partial charge in [-0.05, 0) is 42.3 Å². The Morgan fingerprint density at radius 1 is 1.14 bits per heavy atom. The van der Waals surface area contributed by atoms with Crippen molar-refractivity contribution in [2.45, 2.75) is 26.1 Å². The van der Waals surface area contributed by atoms with Crippen LogP contribution >= 0.6 is 0 Å². The number of ether oxygens (including phenoxy) is 2. The van der Waals surface area contributed by atoms with Crippen molar-refractivity contribution in [1.29, 1.82) is 0 Å². The van der Waals surface area contributed by atoms with Crippen molar-refractivity contribution in [1.82, 2.24) is 0 Å². The van der Waals surface area contributed by atoms with Crippen LogP contribution in [0.1, 0.15) is 18.1 Å². The Hall–Kier alpha value is -2.04. The van der Waals surface area contributed by atoms with Crippen molar-refractivity contribution in [3.8, 4) is 22.6 Å². The molecule has 2 aromatic rings. The molecule has 22 heavy (non-hydrogen) atoms. The Labute approximate surface area is 129 Å². The fraction of sp³-hybridized carbons (Fsp3) is 0.333. The first-order valence-corrected chi connectivity index (χ1v) is 7.51. The maximum atomic E-state index is 10.1. The van der Waals surface area contributed by atoms with Gasteiger partial charge in [-0.3, -0.25) is 0 Å². The zero-order valence-electron chi connectivity index (χ0n) is 12.6. The summed E-state index contributed by atoms with van der Waals surface area (Å²) in [5, 5.41) is 20.0. The van der Waals surface area contributed by atoms with Crippen LogP contribution in [0.15, 0.2) is 36.4 Å². The van der Waals surface area contributed by atoms with Gasteiger partial charge in [-0.25, -0.2) is 0 Å². The topological polar surface area (TPSA) is 62.2 Å². The predicted molar refractivity (Wildman–Crippen MR) is 84.0 cm³/mol. The van der Waals surface area contributed by atoms with E-state index in [9.17, 15) is 10.2 Å². The molecule has 1 atom stereocenters. The molecule has 116 valence electrons. The summed E-state index contributed by atoms with van der Waals surface area (Å²) < 4.78 is 10.6. The van der Waals surface area contributed by atoms with Gasteiger partial charge in [0.15, 0.2) is 0 Å². The minimum atomic E-state index is 0.208. The molecule has 1 heterocycles. The van der Waals surface area contributed by atoms with Crippen LogP contribution in [0.25, 0.3) is 11.1 Å². The van der Waals surface area contributed by atoms with Crippen LogP contribution in [0.4, 0.5) is 0 Å². The highest BCUT2D eigenvalue weighted by atomic mass is 16.6. The summed E-state index contributed by atoms with van der Waals surface area (Å²) in [4.78, 5) is 0. The summed E-state index contributed by atoms with van der Waals surface area (Å²) in [6.45, 7) is 3.67. The lowest BCUT2D eigenvalue weighted by Crippen LogP contribution is -1.95. The third-order valence-electron chi connectivity index (χ3n) is 3.78. The number of benzene rings is 2. The van der Waals surface area contributed by atoms with Gasteiger partial charge in [0.1, 0.15) is 11.5 Å². The van der Waals surface area contributed by atoms with E-state index in [4.69, 9.17) is 9.47 Å². The molecule has 0 saturated carbocycles. The van der Waals surface area contributed by atoms with Crippen molar-refractivity contribution < 1.29 is 19.7 Å². The number of hydrogen-bond acceptors (Lipinski definition) is 4. The summed E-state index contributed by atoms with van der Waals surface area (Å²) in [6, 6.07) is 10.9. The average molecular weight is 300 g/mol. The van der Waals surface area contributed by atoms with Crippen LogP contribution in [0.2, 0.25) is 0 Å². The van der Waals surface area contributed by atoms with Crippen LogP contribution < -0.4 is 0 Å². The standard InChI is InChI=1S/C18H20O4/c1-2-21-10-14-9-13(4-6-17(14)19)16-8-12(3-5-18(16)20)7-15-11-22-15/h3-6,8-9,15,19-20H,2,7,10-11H2,1H3. The number of hydrogen-bond donors (Lipinski definition) is 2. The fourth-order valence-corrected chi connectivity index (χ4v) is 2.47. The molecule has 1 saturated heterocycles. The Bertz CT molecular complexity index is 662. The Morgan fingerprint density at radius 2 is 1.91 bits per heavy atom. The van der Waals surface area contributed by atoms with Gasteiger partial charge >= 0.3 is 0 Å². The number of phenols is 2. The molecule has 0 radical (unpaired) electrons. The van der Waals surface area contributed by atoms with Gasteiger partial charge in [0.25, 0.3) is 0 Å². The van der Waals surface area contributed by atoms with Crippen LogP contribution in [-0.4, -0.2) is 29.5 Å². The quantitative estimate of drug-likeness (QED) is 0.804. The molecule has 0 aliphatic carbocycles. The van der Waals surface area contributed by atoms with Crippen LogP contribution in [-0.2, 0) is 22.5 Å². The molecular weight excluding hydrogens is 280 g/mol. The second-order valence-corrected chi connectivity index (χ2v) is 5.49. The van der Waals surface area contributed by atoms with Crippen LogP contribution in [0.3, 0.4) is 0 Å². The molecule has 3 rings (SSSR count). The van der Waals surface area contributed by atoms with Gasteiger partial charge in [-0.15, -0.1) is 0 Å². The molecule has 1 aliphatic heterocycles. The summed E-state index contributed by atoms with van der Waals surface area (Å²) in [7, 11) is 0. The SMILES string of the molecule is CCOCc1cc(-c2cc(CC3CO3)ccc2O)ccc1O. The molecule has 4 nitrogen and oxygen atoms in total. The maximum Gasteiger partial charge on any atom is 0.123 e. The van der Waals surface area contributed by atoms with E-state index >= 15 is 0 Å². The monoisotopic (exact) mass is 300 g/mol. The third-order valence-corrected chi connectivity index (χ3v) is 3.78. The van der Waals surface area contributed by atoms with Crippen LogP contribution in [0.5, 0.6) is 11.5 Å². The van der Waals surface area contributed by atoms with E-state index in [1.807, 2.05) is 25.1 Å². The van der Waals surface area contributed by atoms with Gasteiger partial charge in [0.05, 0.1) is 19.3 Å². The lowest BCUT2D eigenvalue weighted by molar-refractivity contribution is 0.132. The highest BCUT2D eigenvalue weighted by Crippen LogP contribution is 2.34. The molecule has 4 heteroatoms. The fourth-order valence-electron chi connectivity index (χ4n) is 2.47. The first kappa shape index (κ1) is 14.9. The molecule has 1 aliphatic rings. The maximum absolute atomic E-state index is 10.1. The van der Waals surface area contributed by atoms with Crippen molar-refractivity contribution >= 4 is 0 Å². The summed E-state index contributed by atoms with van der Waals surface area (Å²) in [5.74, 6) is 0.438. The van der Waals surface area contributed by atoms with Gasteiger partial charge < -0.3 is 19.7 Å². The van der Waals surface area contributed by atoms with Crippen molar-refractivity contribution in [2.75, 3.05) is 13.2 Å². The molecule has 1 unspecified atom stereocenters. The van der Waals surface area contributed by atoms with E-state index in [2.05, 4.69) is 0 Å². The lowest BCUT2D eigenvalue weighted by Gasteiger charge is -2.11. The highest BCUT2D eigenvalue weighted by Gasteiger charge is 2.23. The lowest BCUT2D eigenvalue weighted by atomic mass is 9.98. The molecule has 0 spiro atoms. The summed E-state index contributed by atoms with van der Waals surface area (Å²) in [5.41, 5.74) is 3.48. The number of aromatic hydroxyl groups is 2. The zero-order chi connectivity index (χ0) is 15.5. The predicted octanol–water partition coefficient (Wildman–Crippen LogP) is 3.24. The van der Waals surface area contributed by atoms with E-state index in [1.54, 1.807) is 18.2 Å². The largest absolute Gasteiger partial charge is 0.508 e. The number of epoxide rings is 1.